The molecule has 5 heteroatoms. The van der Waals surface area contributed by atoms with E-state index in [1.807, 2.05) is 38.1 Å². The van der Waals surface area contributed by atoms with Gasteiger partial charge in [0.25, 0.3) is 5.91 Å². The first-order valence-corrected chi connectivity index (χ1v) is 9.35. The van der Waals surface area contributed by atoms with E-state index in [0.717, 1.165) is 37.1 Å². The van der Waals surface area contributed by atoms with Crippen LogP contribution in [0.5, 0.6) is 5.75 Å². The lowest BCUT2D eigenvalue weighted by Gasteiger charge is -2.38. The Labute approximate surface area is 151 Å². The predicted octanol–water partition coefficient (Wildman–Crippen LogP) is 4.03. The summed E-state index contributed by atoms with van der Waals surface area (Å²) in [5.74, 6) is 1.24. The summed E-state index contributed by atoms with van der Waals surface area (Å²) >= 11 is 0. The summed E-state index contributed by atoms with van der Waals surface area (Å²) in [5, 5.41) is 3.02. The number of amides is 1. The number of hydrogen-bond acceptors (Lipinski definition) is 4. The zero-order valence-corrected chi connectivity index (χ0v) is 15.7. The van der Waals surface area contributed by atoms with Gasteiger partial charge >= 0.3 is 0 Å². The Balaban J connectivity index is 1.94. The Kier molecular flexibility index (Phi) is 7.72. The van der Waals surface area contributed by atoms with E-state index in [0.29, 0.717) is 32.3 Å². The quantitative estimate of drug-likeness (QED) is 0.684. The van der Waals surface area contributed by atoms with Crippen molar-refractivity contribution in [2.24, 2.45) is 5.92 Å². The number of anilines is 1. The van der Waals surface area contributed by atoms with Gasteiger partial charge in [0.05, 0.1) is 6.61 Å². The average Bonchev–Trinajstić information content (AvgIpc) is 2.60. The lowest BCUT2D eigenvalue weighted by Crippen LogP contribution is -2.48. The fourth-order valence-electron chi connectivity index (χ4n) is 3.42. The van der Waals surface area contributed by atoms with Crippen molar-refractivity contribution < 1.29 is 19.0 Å². The number of hydrogen-bond donors (Lipinski definition) is 1. The summed E-state index contributed by atoms with van der Waals surface area (Å²) in [7, 11) is 0. The zero-order chi connectivity index (χ0) is 18.1. The van der Waals surface area contributed by atoms with Gasteiger partial charge < -0.3 is 19.5 Å². The van der Waals surface area contributed by atoms with Crippen molar-refractivity contribution in [3.8, 4) is 5.75 Å². The smallest absolute Gasteiger partial charge is 0.256 e. The fraction of sp³-hybridized carbons (Fsp3) is 0.650. The lowest BCUT2D eigenvalue weighted by atomic mass is 9.78. The topological polar surface area (TPSA) is 56.8 Å². The molecule has 1 aromatic carbocycles. The largest absolute Gasteiger partial charge is 0.491 e. The van der Waals surface area contributed by atoms with Gasteiger partial charge in [0.15, 0.2) is 0 Å². The minimum Gasteiger partial charge on any atom is -0.491 e. The maximum atomic E-state index is 12.9. The molecular weight excluding hydrogens is 318 g/mol. The molecule has 0 aliphatic heterocycles. The van der Waals surface area contributed by atoms with E-state index in [1.54, 1.807) is 0 Å². The van der Waals surface area contributed by atoms with Gasteiger partial charge in [-0.1, -0.05) is 13.3 Å². The predicted molar refractivity (Wildman–Crippen MR) is 99.0 cm³/mol. The van der Waals surface area contributed by atoms with E-state index in [9.17, 15) is 4.79 Å². The number of nitrogens with one attached hydrogen (secondary N) is 1. The van der Waals surface area contributed by atoms with E-state index in [4.69, 9.17) is 14.2 Å². The van der Waals surface area contributed by atoms with Crippen LogP contribution in [0.25, 0.3) is 0 Å². The minimum atomic E-state index is -0.695. The first kappa shape index (κ1) is 19.7. The SMILES string of the molecule is CCOCCOc1ccc(NC(=O)[C@@]2(OCC)CCC[C@@H](C)C2)cc1. The van der Waals surface area contributed by atoms with Crippen LogP contribution in [0.2, 0.25) is 0 Å². The second-order valence-corrected chi connectivity index (χ2v) is 6.65. The molecule has 0 bridgehead atoms. The van der Waals surface area contributed by atoms with Gasteiger partial charge in [-0.05, 0) is 63.3 Å². The van der Waals surface area contributed by atoms with Crippen LogP contribution in [-0.4, -0.2) is 37.9 Å². The monoisotopic (exact) mass is 349 g/mol. The second kappa shape index (κ2) is 9.78. The third-order valence-electron chi connectivity index (χ3n) is 4.60. The summed E-state index contributed by atoms with van der Waals surface area (Å²) in [6, 6.07) is 7.44. The molecule has 5 nitrogen and oxygen atoms in total. The van der Waals surface area contributed by atoms with Crippen LogP contribution in [0.1, 0.15) is 46.5 Å². The summed E-state index contributed by atoms with van der Waals surface area (Å²) in [6.07, 6.45) is 3.76. The highest BCUT2D eigenvalue weighted by atomic mass is 16.5. The van der Waals surface area contributed by atoms with Crippen molar-refractivity contribution in [1.29, 1.82) is 0 Å². The molecule has 0 unspecified atom stereocenters. The van der Waals surface area contributed by atoms with Gasteiger partial charge in [-0.15, -0.1) is 0 Å². The Morgan fingerprint density at radius 2 is 1.96 bits per heavy atom. The number of carbonyl (C=O) groups excluding carboxylic acids is 1. The van der Waals surface area contributed by atoms with E-state index >= 15 is 0 Å². The Morgan fingerprint density at radius 1 is 1.20 bits per heavy atom. The molecular formula is C20H31NO4. The van der Waals surface area contributed by atoms with Gasteiger partial charge in [0.1, 0.15) is 18.0 Å². The summed E-state index contributed by atoms with van der Waals surface area (Å²) < 4.78 is 16.8. The van der Waals surface area contributed by atoms with Crippen molar-refractivity contribution >= 4 is 11.6 Å². The first-order chi connectivity index (χ1) is 12.1. The Bertz CT molecular complexity index is 527. The van der Waals surface area contributed by atoms with Crippen LogP contribution < -0.4 is 10.1 Å². The molecule has 1 saturated carbocycles. The van der Waals surface area contributed by atoms with Crippen LogP contribution in [0.4, 0.5) is 5.69 Å². The van der Waals surface area contributed by atoms with Crippen LogP contribution in [0.15, 0.2) is 24.3 Å². The van der Waals surface area contributed by atoms with E-state index in [-0.39, 0.29) is 5.91 Å². The molecule has 1 aliphatic rings. The van der Waals surface area contributed by atoms with Gasteiger partial charge in [-0.3, -0.25) is 4.79 Å². The van der Waals surface area contributed by atoms with Crippen molar-refractivity contribution in [3.05, 3.63) is 24.3 Å². The number of rotatable bonds is 9. The van der Waals surface area contributed by atoms with Gasteiger partial charge in [0, 0.05) is 18.9 Å². The van der Waals surface area contributed by atoms with Crippen molar-refractivity contribution in [2.45, 2.75) is 52.1 Å². The summed E-state index contributed by atoms with van der Waals surface area (Å²) in [5.41, 5.74) is 0.0680. The van der Waals surface area contributed by atoms with Crippen LogP contribution in [0.3, 0.4) is 0 Å². The second-order valence-electron chi connectivity index (χ2n) is 6.65. The number of carbonyl (C=O) groups is 1. The molecule has 1 fully saturated rings. The third-order valence-corrected chi connectivity index (χ3v) is 4.60. The van der Waals surface area contributed by atoms with Crippen LogP contribution in [0, 0.1) is 5.92 Å². The lowest BCUT2D eigenvalue weighted by molar-refractivity contribution is -0.147. The number of ether oxygens (including phenoxy) is 3. The highest BCUT2D eigenvalue weighted by Crippen LogP contribution is 2.36. The average molecular weight is 349 g/mol. The summed E-state index contributed by atoms with van der Waals surface area (Å²) in [6.45, 7) is 8.42. The van der Waals surface area contributed by atoms with Crippen LogP contribution >= 0.6 is 0 Å². The maximum Gasteiger partial charge on any atom is 0.256 e. The molecule has 2 atom stereocenters. The Morgan fingerprint density at radius 3 is 2.60 bits per heavy atom. The molecule has 140 valence electrons. The van der Waals surface area contributed by atoms with Crippen molar-refractivity contribution in [2.75, 3.05) is 31.7 Å². The minimum absolute atomic E-state index is 0.0362. The zero-order valence-electron chi connectivity index (χ0n) is 15.7. The Hall–Kier alpha value is -1.59. The molecule has 1 amide bonds. The highest BCUT2D eigenvalue weighted by molar-refractivity contribution is 5.97. The van der Waals surface area contributed by atoms with Crippen molar-refractivity contribution in [3.63, 3.8) is 0 Å². The van der Waals surface area contributed by atoms with E-state index < -0.39 is 5.60 Å². The first-order valence-electron chi connectivity index (χ1n) is 9.35. The molecule has 1 aliphatic carbocycles. The molecule has 0 heterocycles. The van der Waals surface area contributed by atoms with Gasteiger partial charge in [-0.2, -0.15) is 0 Å². The van der Waals surface area contributed by atoms with Crippen LogP contribution in [-0.2, 0) is 14.3 Å². The molecule has 0 radical (unpaired) electrons. The third kappa shape index (κ3) is 5.72. The number of benzene rings is 1. The molecule has 2 rings (SSSR count). The molecule has 25 heavy (non-hydrogen) atoms. The maximum absolute atomic E-state index is 12.9. The van der Waals surface area contributed by atoms with Gasteiger partial charge in [0.2, 0.25) is 0 Å². The standard InChI is InChI=1S/C20H31NO4/c1-4-23-13-14-24-18-10-8-17(9-11-18)21-19(22)20(25-5-2)12-6-7-16(3)15-20/h8-11,16H,4-7,12-15H2,1-3H3,(H,21,22)/t16-,20-/m1/s1. The van der Waals surface area contributed by atoms with E-state index in [2.05, 4.69) is 12.2 Å². The highest BCUT2D eigenvalue weighted by Gasteiger charge is 2.42. The normalized spacial score (nSPS) is 23.2. The molecule has 1 aromatic rings. The van der Waals surface area contributed by atoms with E-state index in [1.165, 1.54) is 0 Å². The molecule has 0 aromatic heterocycles. The van der Waals surface area contributed by atoms with Crippen molar-refractivity contribution in [1.82, 2.24) is 0 Å². The summed E-state index contributed by atoms with van der Waals surface area (Å²) in [4.78, 5) is 12.9. The molecule has 1 N–H and O–H groups in total. The fourth-order valence-corrected chi connectivity index (χ4v) is 3.42. The van der Waals surface area contributed by atoms with Gasteiger partial charge in [-0.25, -0.2) is 0 Å². The molecule has 0 spiro atoms. The molecule has 0 saturated heterocycles.